The van der Waals surface area contributed by atoms with Crippen LogP contribution in [0, 0.1) is 0 Å². The molecule has 1 amide bonds. The molecule has 0 bridgehead atoms. The van der Waals surface area contributed by atoms with Crippen LogP contribution in [-0.4, -0.2) is 85.7 Å². The molecular formula is C24H34N8O4. The van der Waals surface area contributed by atoms with Gasteiger partial charge in [-0.25, -0.2) is 4.98 Å². The maximum absolute atomic E-state index is 12.9. The fourth-order valence-electron chi connectivity index (χ4n) is 4.08. The van der Waals surface area contributed by atoms with Crippen LogP contribution in [0.5, 0.6) is 6.01 Å². The molecule has 1 aliphatic rings. The Morgan fingerprint density at radius 3 is 2.72 bits per heavy atom. The third-order valence-electron chi connectivity index (χ3n) is 6.47. The molecule has 3 N–H and O–H groups in total. The Hall–Kier alpha value is -3.38. The highest BCUT2D eigenvalue weighted by atomic mass is 16.5. The Bertz CT molecular complexity index is 1190. The number of hydrogen-bond donors (Lipinski definition) is 3. The van der Waals surface area contributed by atoms with Gasteiger partial charge in [-0.15, -0.1) is 0 Å². The molecule has 0 aromatic carbocycles. The van der Waals surface area contributed by atoms with Gasteiger partial charge in [-0.3, -0.25) is 9.89 Å². The second-order valence-corrected chi connectivity index (χ2v) is 9.75. The quantitative estimate of drug-likeness (QED) is 0.398. The van der Waals surface area contributed by atoms with Gasteiger partial charge in [0, 0.05) is 43.4 Å². The molecule has 1 fully saturated rings. The van der Waals surface area contributed by atoms with Gasteiger partial charge in [0.05, 0.1) is 18.2 Å². The van der Waals surface area contributed by atoms with E-state index in [2.05, 4.69) is 35.5 Å². The van der Waals surface area contributed by atoms with Gasteiger partial charge in [0.15, 0.2) is 5.65 Å². The number of ether oxygens (including phenoxy) is 2. The Kier molecular flexibility index (Phi) is 7.65. The van der Waals surface area contributed by atoms with Crippen LogP contribution >= 0.6 is 0 Å². The van der Waals surface area contributed by atoms with E-state index < -0.39 is 17.6 Å². The maximum atomic E-state index is 12.9. The van der Waals surface area contributed by atoms with Crippen LogP contribution < -0.4 is 15.0 Å². The van der Waals surface area contributed by atoms with Gasteiger partial charge in [0.1, 0.15) is 6.10 Å². The minimum absolute atomic E-state index is 0.0540. The first kappa shape index (κ1) is 25.7. The van der Waals surface area contributed by atoms with Crippen LogP contribution in [0.25, 0.3) is 11.0 Å². The van der Waals surface area contributed by atoms with Crippen molar-refractivity contribution in [3.63, 3.8) is 0 Å². The molecule has 2 atom stereocenters. The summed E-state index contributed by atoms with van der Waals surface area (Å²) in [7, 11) is 1.58. The van der Waals surface area contributed by atoms with E-state index in [0.29, 0.717) is 31.6 Å². The molecule has 12 heteroatoms. The third kappa shape index (κ3) is 5.88. The van der Waals surface area contributed by atoms with Gasteiger partial charge in [-0.05, 0) is 52.7 Å². The minimum atomic E-state index is -1.11. The molecule has 0 radical (unpaired) electrons. The number of nitrogens with one attached hydrogen (secondary N) is 2. The molecule has 0 unspecified atom stereocenters. The molecule has 3 aromatic rings. The summed E-state index contributed by atoms with van der Waals surface area (Å²) in [6.07, 6.45) is 3.13. The van der Waals surface area contributed by atoms with E-state index in [1.165, 1.54) is 0 Å². The van der Waals surface area contributed by atoms with Crippen LogP contribution in [-0.2, 0) is 4.74 Å². The lowest BCUT2D eigenvalue weighted by atomic mass is 9.92. The number of carbonyl (C=O) groups excluding carboxylic acids is 1. The molecular weight excluding hydrogens is 464 g/mol. The van der Waals surface area contributed by atoms with Crippen LogP contribution in [0.4, 0.5) is 5.95 Å². The molecule has 1 saturated heterocycles. The first-order valence-electron chi connectivity index (χ1n) is 12.1. The zero-order chi connectivity index (χ0) is 25.9. The number of rotatable bonds is 9. The lowest BCUT2D eigenvalue weighted by Gasteiger charge is -2.32. The number of amides is 1. The van der Waals surface area contributed by atoms with E-state index in [9.17, 15) is 9.90 Å². The smallest absolute Gasteiger partial charge is 0.322 e. The number of pyridine rings is 1. The van der Waals surface area contributed by atoms with E-state index in [1.807, 2.05) is 24.0 Å². The number of aromatic nitrogens is 6. The molecule has 194 valence electrons. The standard InChI is InChI=1S/C24H34N8O4/c1-14(13-35-5)36-23-28-20(21(33)26-15(2)24(3,4)34)27-22(29-23)32-11-8-16(9-12-32)18-17-7-6-10-25-19(17)31-30-18/h6-7,10,14-16,34H,8-9,11-13H2,1-5H3,(H,26,33)(H,25,30,31)/t14-,15-/m1/s1. The van der Waals surface area contributed by atoms with E-state index >= 15 is 0 Å². The van der Waals surface area contributed by atoms with E-state index in [0.717, 1.165) is 29.6 Å². The summed E-state index contributed by atoms with van der Waals surface area (Å²) in [5.41, 5.74) is 0.702. The Morgan fingerprint density at radius 2 is 2.03 bits per heavy atom. The molecule has 0 saturated carbocycles. The minimum Gasteiger partial charge on any atom is -0.458 e. The average molecular weight is 499 g/mol. The monoisotopic (exact) mass is 498 g/mol. The highest BCUT2D eigenvalue weighted by Crippen LogP contribution is 2.32. The van der Waals surface area contributed by atoms with Crippen molar-refractivity contribution in [3.8, 4) is 6.01 Å². The Morgan fingerprint density at radius 1 is 1.28 bits per heavy atom. The predicted molar refractivity (Wildman–Crippen MR) is 133 cm³/mol. The first-order chi connectivity index (χ1) is 17.2. The van der Waals surface area contributed by atoms with Crippen molar-refractivity contribution in [2.24, 2.45) is 0 Å². The normalized spacial score (nSPS) is 16.7. The number of hydrogen-bond acceptors (Lipinski definition) is 10. The molecule has 0 aliphatic carbocycles. The average Bonchev–Trinajstić information content (AvgIpc) is 3.27. The predicted octanol–water partition coefficient (Wildman–Crippen LogP) is 1.83. The second kappa shape index (κ2) is 10.7. The van der Waals surface area contributed by atoms with Gasteiger partial charge in [0.25, 0.3) is 5.91 Å². The molecule has 0 spiro atoms. The molecule has 3 aromatic heterocycles. The van der Waals surface area contributed by atoms with Gasteiger partial charge in [0.2, 0.25) is 11.8 Å². The number of anilines is 1. The van der Waals surface area contributed by atoms with Crippen LogP contribution in [0.2, 0.25) is 0 Å². The number of methoxy groups -OCH3 is 1. The molecule has 12 nitrogen and oxygen atoms in total. The van der Waals surface area contributed by atoms with Crippen LogP contribution in [0.1, 0.15) is 62.8 Å². The largest absolute Gasteiger partial charge is 0.458 e. The van der Waals surface area contributed by atoms with Crippen molar-refractivity contribution < 1.29 is 19.4 Å². The fraction of sp³-hybridized carbons (Fsp3) is 0.583. The maximum Gasteiger partial charge on any atom is 0.322 e. The van der Waals surface area contributed by atoms with Gasteiger partial charge < -0.3 is 24.8 Å². The summed E-state index contributed by atoms with van der Waals surface area (Å²) in [4.78, 5) is 32.5. The van der Waals surface area contributed by atoms with Crippen molar-refractivity contribution >= 4 is 22.9 Å². The number of fused-ring (bicyclic) bond motifs is 1. The van der Waals surface area contributed by atoms with Crippen LogP contribution in [0.3, 0.4) is 0 Å². The lowest BCUT2D eigenvalue weighted by Crippen LogP contribution is -2.47. The number of nitrogens with zero attached hydrogens (tertiary/aromatic N) is 6. The van der Waals surface area contributed by atoms with Crippen molar-refractivity contribution in [3.05, 3.63) is 29.8 Å². The van der Waals surface area contributed by atoms with E-state index in [1.54, 1.807) is 34.1 Å². The van der Waals surface area contributed by atoms with Crippen molar-refractivity contribution in [1.29, 1.82) is 0 Å². The summed E-state index contributed by atoms with van der Waals surface area (Å²) in [6.45, 7) is 8.52. The first-order valence-corrected chi connectivity index (χ1v) is 12.1. The molecule has 4 heterocycles. The van der Waals surface area contributed by atoms with Crippen molar-refractivity contribution in [1.82, 2.24) is 35.5 Å². The zero-order valence-corrected chi connectivity index (χ0v) is 21.4. The topological polar surface area (TPSA) is 151 Å². The summed E-state index contributed by atoms with van der Waals surface area (Å²) in [5.74, 6) is 0.0951. The molecule has 36 heavy (non-hydrogen) atoms. The fourth-order valence-corrected chi connectivity index (χ4v) is 4.08. The summed E-state index contributed by atoms with van der Waals surface area (Å²) < 4.78 is 11.0. The number of carbonyl (C=O) groups is 1. The molecule has 4 rings (SSSR count). The zero-order valence-electron chi connectivity index (χ0n) is 21.4. The SMILES string of the molecule is COC[C@@H](C)Oc1nc(C(=O)N[C@H](C)C(C)(C)O)nc(N2CCC(c3[nH]nc4ncccc34)CC2)n1. The summed E-state index contributed by atoms with van der Waals surface area (Å²) >= 11 is 0. The Labute approximate surface area is 209 Å². The second-order valence-electron chi connectivity index (χ2n) is 9.75. The van der Waals surface area contributed by atoms with Gasteiger partial charge >= 0.3 is 6.01 Å². The number of H-pyrrole nitrogens is 1. The Balaban J connectivity index is 1.53. The number of aromatic amines is 1. The van der Waals surface area contributed by atoms with Crippen molar-refractivity contribution in [2.75, 3.05) is 31.7 Å². The summed E-state index contributed by atoms with van der Waals surface area (Å²) in [6, 6.07) is 3.48. The summed E-state index contributed by atoms with van der Waals surface area (Å²) in [5, 5.41) is 21.5. The van der Waals surface area contributed by atoms with E-state index in [-0.39, 0.29) is 17.9 Å². The lowest BCUT2D eigenvalue weighted by molar-refractivity contribution is 0.0405. The van der Waals surface area contributed by atoms with E-state index in [4.69, 9.17) is 9.47 Å². The number of aliphatic hydroxyl groups is 1. The van der Waals surface area contributed by atoms with Crippen molar-refractivity contribution in [2.45, 2.75) is 64.2 Å². The van der Waals surface area contributed by atoms with Gasteiger partial charge in [-0.1, -0.05) is 0 Å². The van der Waals surface area contributed by atoms with Crippen LogP contribution in [0.15, 0.2) is 18.3 Å². The van der Waals surface area contributed by atoms with Gasteiger partial charge in [-0.2, -0.15) is 20.1 Å². The third-order valence-corrected chi connectivity index (χ3v) is 6.47. The highest BCUT2D eigenvalue weighted by molar-refractivity contribution is 5.91. The highest BCUT2D eigenvalue weighted by Gasteiger charge is 2.29. The molecule has 1 aliphatic heterocycles. The number of piperidine rings is 1.